The monoisotopic (exact) mass is 315 g/mol. The molecule has 0 aliphatic carbocycles. The van der Waals surface area contributed by atoms with E-state index in [0.29, 0.717) is 11.4 Å². The summed E-state index contributed by atoms with van der Waals surface area (Å²) in [6.45, 7) is 0. The number of aromatic nitrogens is 2. The van der Waals surface area contributed by atoms with E-state index in [9.17, 15) is 13.2 Å². The number of nitrogens with two attached hydrogens (primary N) is 1. The van der Waals surface area contributed by atoms with Crippen LogP contribution in [0.15, 0.2) is 70.4 Å². The molecule has 0 radical (unpaired) electrons. The van der Waals surface area contributed by atoms with Crippen LogP contribution in [0.4, 0.5) is 0 Å². The minimum absolute atomic E-state index is 0.000798. The molecule has 7 heteroatoms. The Hall–Kier alpha value is -2.64. The maximum absolute atomic E-state index is 12.1. The zero-order chi connectivity index (χ0) is 15.7. The van der Waals surface area contributed by atoms with Gasteiger partial charge in [-0.1, -0.05) is 30.3 Å². The summed E-state index contributed by atoms with van der Waals surface area (Å²) >= 11 is 0. The summed E-state index contributed by atoms with van der Waals surface area (Å²) in [5.41, 5.74) is 1.86. The third-order valence-electron chi connectivity index (χ3n) is 3.23. The van der Waals surface area contributed by atoms with Crippen LogP contribution in [0.2, 0.25) is 0 Å². The van der Waals surface area contributed by atoms with Gasteiger partial charge in [0.25, 0.3) is 5.56 Å². The Labute approximate surface area is 126 Å². The summed E-state index contributed by atoms with van der Waals surface area (Å²) in [6.07, 6.45) is 0. The Kier molecular flexibility index (Phi) is 3.44. The van der Waals surface area contributed by atoms with Crippen molar-refractivity contribution >= 4 is 10.0 Å². The summed E-state index contributed by atoms with van der Waals surface area (Å²) in [7, 11) is -3.75. The number of aromatic amines is 1. The molecule has 0 bridgehead atoms. The standard InChI is InChI=1S/C15H13N3O3S/c16-22(20,21)13-8-6-12(7-9-13)18-15(19)10-14(17-18)11-4-2-1-3-5-11/h1-10,17H,(H2,16,20,21). The molecule has 0 fully saturated rings. The smallest absolute Gasteiger partial charge is 0.271 e. The second kappa shape index (κ2) is 5.28. The molecule has 112 valence electrons. The highest BCUT2D eigenvalue weighted by molar-refractivity contribution is 7.89. The zero-order valence-corrected chi connectivity index (χ0v) is 12.2. The van der Waals surface area contributed by atoms with E-state index in [0.717, 1.165) is 5.56 Å². The second-order valence-electron chi connectivity index (χ2n) is 4.75. The van der Waals surface area contributed by atoms with Crippen molar-refractivity contribution in [3.63, 3.8) is 0 Å². The van der Waals surface area contributed by atoms with Gasteiger partial charge in [-0.05, 0) is 29.8 Å². The first-order valence-corrected chi connectivity index (χ1v) is 8.00. The molecule has 0 spiro atoms. The fourth-order valence-electron chi connectivity index (χ4n) is 2.14. The molecule has 0 amide bonds. The van der Waals surface area contributed by atoms with Crippen LogP contribution in [-0.4, -0.2) is 18.2 Å². The van der Waals surface area contributed by atoms with E-state index in [-0.39, 0.29) is 10.5 Å². The molecule has 2 aromatic carbocycles. The minimum Gasteiger partial charge on any atom is -0.290 e. The molecule has 3 rings (SSSR count). The van der Waals surface area contributed by atoms with Gasteiger partial charge in [0.1, 0.15) is 0 Å². The topological polar surface area (TPSA) is 97.9 Å². The Bertz CT molecular complexity index is 955. The SMILES string of the molecule is NS(=O)(=O)c1ccc(-n2[nH]c(-c3ccccc3)cc2=O)cc1. The number of rotatable bonds is 3. The van der Waals surface area contributed by atoms with E-state index in [4.69, 9.17) is 5.14 Å². The van der Waals surface area contributed by atoms with Crippen LogP contribution >= 0.6 is 0 Å². The highest BCUT2D eigenvalue weighted by Gasteiger charge is 2.10. The van der Waals surface area contributed by atoms with E-state index in [1.165, 1.54) is 35.0 Å². The predicted octanol–water partition coefficient (Wildman–Crippen LogP) is 1.48. The molecule has 0 aliphatic rings. The van der Waals surface area contributed by atoms with Gasteiger partial charge < -0.3 is 0 Å². The molecule has 3 N–H and O–H groups in total. The number of hydrogen-bond acceptors (Lipinski definition) is 3. The van der Waals surface area contributed by atoms with Gasteiger partial charge in [0, 0.05) is 6.07 Å². The van der Waals surface area contributed by atoms with Crippen LogP contribution in [-0.2, 0) is 10.0 Å². The van der Waals surface area contributed by atoms with Gasteiger partial charge in [0.05, 0.1) is 16.3 Å². The zero-order valence-electron chi connectivity index (χ0n) is 11.4. The van der Waals surface area contributed by atoms with Gasteiger partial charge in [-0.15, -0.1) is 0 Å². The van der Waals surface area contributed by atoms with Crippen LogP contribution in [0, 0.1) is 0 Å². The number of sulfonamides is 1. The Morgan fingerprint density at radius 3 is 2.18 bits per heavy atom. The van der Waals surface area contributed by atoms with Gasteiger partial charge in [-0.25, -0.2) is 18.2 Å². The van der Waals surface area contributed by atoms with Crippen LogP contribution in [0.25, 0.3) is 16.9 Å². The number of nitrogens with one attached hydrogen (secondary N) is 1. The van der Waals surface area contributed by atoms with Gasteiger partial charge in [0.2, 0.25) is 10.0 Å². The summed E-state index contributed by atoms with van der Waals surface area (Å²) in [5.74, 6) is 0. The van der Waals surface area contributed by atoms with E-state index in [2.05, 4.69) is 5.10 Å². The number of primary sulfonamides is 1. The fourth-order valence-corrected chi connectivity index (χ4v) is 2.65. The first-order valence-electron chi connectivity index (χ1n) is 6.46. The van der Waals surface area contributed by atoms with Gasteiger partial charge in [-0.3, -0.25) is 9.89 Å². The maximum Gasteiger partial charge on any atom is 0.271 e. The Morgan fingerprint density at radius 2 is 1.59 bits per heavy atom. The van der Waals surface area contributed by atoms with Crippen molar-refractivity contribution in [3.05, 3.63) is 71.0 Å². The summed E-state index contributed by atoms with van der Waals surface area (Å²) in [5, 5.41) is 8.05. The second-order valence-corrected chi connectivity index (χ2v) is 6.31. The summed E-state index contributed by atoms with van der Waals surface area (Å²) < 4.78 is 23.8. The van der Waals surface area contributed by atoms with Gasteiger partial charge in [0.15, 0.2) is 0 Å². The minimum atomic E-state index is -3.75. The van der Waals surface area contributed by atoms with Crippen molar-refractivity contribution in [3.8, 4) is 16.9 Å². The highest BCUT2D eigenvalue weighted by Crippen LogP contribution is 2.16. The van der Waals surface area contributed by atoms with Crippen molar-refractivity contribution < 1.29 is 8.42 Å². The number of hydrogen-bond donors (Lipinski definition) is 2. The largest absolute Gasteiger partial charge is 0.290 e. The summed E-state index contributed by atoms with van der Waals surface area (Å²) in [6, 6.07) is 16.7. The molecular formula is C15H13N3O3S. The van der Waals surface area contributed by atoms with E-state index >= 15 is 0 Å². The number of H-pyrrole nitrogens is 1. The van der Waals surface area contributed by atoms with Crippen LogP contribution in [0.3, 0.4) is 0 Å². The van der Waals surface area contributed by atoms with Crippen molar-refractivity contribution in [1.82, 2.24) is 9.78 Å². The average molecular weight is 315 g/mol. The molecule has 0 atom stereocenters. The highest BCUT2D eigenvalue weighted by atomic mass is 32.2. The van der Waals surface area contributed by atoms with E-state index in [1.807, 2.05) is 30.3 Å². The Morgan fingerprint density at radius 1 is 0.955 bits per heavy atom. The molecular weight excluding hydrogens is 302 g/mol. The van der Waals surface area contributed by atoms with E-state index in [1.54, 1.807) is 0 Å². The summed E-state index contributed by atoms with van der Waals surface area (Å²) in [4.78, 5) is 12.1. The average Bonchev–Trinajstić information content (AvgIpc) is 2.89. The maximum atomic E-state index is 12.1. The molecule has 0 aliphatic heterocycles. The van der Waals surface area contributed by atoms with Crippen LogP contribution < -0.4 is 10.7 Å². The van der Waals surface area contributed by atoms with Crippen LogP contribution in [0.1, 0.15) is 0 Å². The van der Waals surface area contributed by atoms with Gasteiger partial charge >= 0.3 is 0 Å². The molecule has 1 aromatic heterocycles. The molecule has 6 nitrogen and oxygen atoms in total. The molecule has 3 aromatic rings. The molecule has 0 unspecified atom stereocenters. The van der Waals surface area contributed by atoms with Gasteiger partial charge in [-0.2, -0.15) is 0 Å². The molecule has 22 heavy (non-hydrogen) atoms. The normalized spacial score (nSPS) is 11.5. The molecule has 0 saturated heterocycles. The Balaban J connectivity index is 2.03. The predicted molar refractivity (Wildman–Crippen MR) is 83.2 cm³/mol. The first-order chi connectivity index (χ1) is 10.4. The fraction of sp³-hybridized carbons (Fsp3) is 0. The third-order valence-corrected chi connectivity index (χ3v) is 4.16. The lowest BCUT2D eigenvalue weighted by Crippen LogP contribution is -2.15. The van der Waals surface area contributed by atoms with Crippen molar-refractivity contribution in [2.45, 2.75) is 4.90 Å². The van der Waals surface area contributed by atoms with E-state index < -0.39 is 10.0 Å². The van der Waals surface area contributed by atoms with Crippen molar-refractivity contribution in [2.75, 3.05) is 0 Å². The lowest BCUT2D eigenvalue weighted by atomic mass is 10.2. The first kappa shape index (κ1) is 14.3. The van der Waals surface area contributed by atoms with Crippen molar-refractivity contribution in [1.29, 1.82) is 0 Å². The van der Waals surface area contributed by atoms with Crippen molar-refractivity contribution in [2.24, 2.45) is 5.14 Å². The molecule has 1 heterocycles. The van der Waals surface area contributed by atoms with Crippen LogP contribution in [0.5, 0.6) is 0 Å². The molecule has 0 saturated carbocycles. The lowest BCUT2D eigenvalue weighted by molar-refractivity contribution is 0.598. The third kappa shape index (κ3) is 2.72. The quantitative estimate of drug-likeness (QED) is 0.766. The number of nitrogens with zero attached hydrogens (tertiary/aromatic N) is 1. The lowest BCUT2D eigenvalue weighted by Gasteiger charge is -2.04. The number of benzene rings is 2.